The van der Waals surface area contributed by atoms with Crippen LogP contribution in [0, 0.1) is 0 Å². The molecule has 0 amide bonds. The molecule has 0 aromatic heterocycles. The third-order valence-electron chi connectivity index (χ3n) is 3.07. The largest absolute Gasteiger partial charge is 0.330 e. The smallest absolute Gasteiger partial charge is 0.0113 e. The molecule has 0 spiro atoms. The Bertz CT molecular complexity index is 342. The molecule has 15 heavy (non-hydrogen) atoms. The van der Waals surface area contributed by atoms with Crippen LogP contribution in [0.1, 0.15) is 32.3 Å². The van der Waals surface area contributed by atoms with Crippen molar-refractivity contribution in [2.75, 3.05) is 6.54 Å². The Labute approximate surface area is 96.4 Å². The zero-order valence-electron chi connectivity index (χ0n) is 9.49. The summed E-state index contributed by atoms with van der Waals surface area (Å²) in [6.45, 7) is 5.27. The fourth-order valence-corrected chi connectivity index (χ4v) is 3.07. The molecule has 0 radical (unpaired) electrons. The highest BCUT2D eigenvalue weighted by Gasteiger charge is 2.44. The molecule has 1 saturated carbocycles. The Morgan fingerprint density at radius 1 is 1.33 bits per heavy atom. The quantitative estimate of drug-likeness (QED) is 0.790. The van der Waals surface area contributed by atoms with Crippen molar-refractivity contribution < 1.29 is 0 Å². The standard InChI is InChI=1S/C13H19NS/c1-10(2)15-12-6-4-3-5-11(12)13(9-14)7-8-13/h3-6,10H,7-9,14H2,1-2H3. The first-order chi connectivity index (χ1) is 7.18. The Kier molecular flexibility index (Phi) is 3.08. The lowest BCUT2D eigenvalue weighted by molar-refractivity contribution is 0.689. The minimum absolute atomic E-state index is 0.318. The number of hydrogen-bond donors (Lipinski definition) is 1. The highest BCUT2D eigenvalue weighted by atomic mass is 32.2. The first-order valence-electron chi connectivity index (χ1n) is 5.64. The van der Waals surface area contributed by atoms with E-state index in [1.54, 1.807) is 0 Å². The second kappa shape index (κ2) is 4.18. The summed E-state index contributed by atoms with van der Waals surface area (Å²) >= 11 is 1.95. The molecule has 0 heterocycles. The summed E-state index contributed by atoms with van der Waals surface area (Å²) in [6.07, 6.45) is 2.53. The fourth-order valence-electron chi connectivity index (χ4n) is 2.00. The molecule has 0 unspecified atom stereocenters. The summed E-state index contributed by atoms with van der Waals surface area (Å²) in [5, 5.41) is 0.639. The number of hydrogen-bond acceptors (Lipinski definition) is 2. The molecule has 1 fully saturated rings. The molecule has 0 aliphatic heterocycles. The lowest BCUT2D eigenvalue weighted by Gasteiger charge is -2.18. The van der Waals surface area contributed by atoms with E-state index >= 15 is 0 Å². The van der Waals surface area contributed by atoms with E-state index in [1.165, 1.54) is 23.3 Å². The summed E-state index contributed by atoms with van der Waals surface area (Å²) < 4.78 is 0. The third kappa shape index (κ3) is 2.21. The van der Waals surface area contributed by atoms with Crippen molar-refractivity contribution in [1.29, 1.82) is 0 Å². The molecule has 2 heteroatoms. The maximum atomic E-state index is 5.89. The van der Waals surface area contributed by atoms with Crippen molar-refractivity contribution in [3.63, 3.8) is 0 Å². The average molecular weight is 221 g/mol. The van der Waals surface area contributed by atoms with E-state index in [1.807, 2.05) is 11.8 Å². The highest BCUT2D eigenvalue weighted by Crippen LogP contribution is 2.50. The van der Waals surface area contributed by atoms with E-state index < -0.39 is 0 Å². The summed E-state index contributed by atoms with van der Waals surface area (Å²) in [5.41, 5.74) is 7.69. The molecule has 2 rings (SSSR count). The topological polar surface area (TPSA) is 26.0 Å². The van der Waals surface area contributed by atoms with Gasteiger partial charge in [0.2, 0.25) is 0 Å². The van der Waals surface area contributed by atoms with E-state index in [-0.39, 0.29) is 0 Å². The normalized spacial score (nSPS) is 18.1. The predicted molar refractivity (Wildman–Crippen MR) is 67.4 cm³/mol. The van der Waals surface area contributed by atoms with Gasteiger partial charge in [0.15, 0.2) is 0 Å². The summed E-state index contributed by atoms with van der Waals surface area (Å²) in [4.78, 5) is 1.43. The Morgan fingerprint density at radius 3 is 2.53 bits per heavy atom. The van der Waals surface area contributed by atoms with Crippen LogP contribution < -0.4 is 5.73 Å². The van der Waals surface area contributed by atoms with Gasteiger partial charge < -0.3 is 5.73 Å². The van der Waals surface area contributed by atoms with E-state index in [0.29, 0.717) is 10.7 Å². The summed E-state index contributed by atoms with van der Waals surface area (Å²) in [5.74, 6) is 0. The van der Waals surface area contributed by atoms with E-state index in [4.69, 9.17) is 5.73 Å². The number of thioether (sulfide) groups is 1. The van der Waals surface area contributed by atoms with Crippen LogP contribution in [0.4, 0.5) is 0 Å². The van der Waals surface area contributed by atoms with Gasteiger partial charge in [-0.3, -0.25) is 0 Å². The second-order valence-corrected chi connectivity index (χ2v) is 6.27. The number of rotatable bonds is 4. The molecule has 0 bridgehead atoms. The summed E-state index contributed by atoms with van der Waals surface area (Å²) in [7, 11) is 0. The maximum absolute atomic E-state index is 5.89. The first-order valence-corrected chi connectivity index (χ1v) is 6.52. The van der Waals surface area contributed by atoms with Crippen LogP contribution in [0.25, 0.3) is 0 Å². The van der Waals surface area contributed by atoms with Crippen LogP contribution in [-0.2, 0) is 5.41 Å². The minimum atomic E-state index is 0.318. The van der Waals surface area contributed by atoms with Crippen LogP contribution in [0.5, 0.6) is 0 Å². The fraction of sp³-hybridized carbons (Fsp3) is 0.538. The van der Waals surface area contributed by atoms with Gasteiger partial charge in [-0.25, -0.2) is 0 Å². The lowest BCUT2D eigenvalue weighted by Crippen LogP contribution is -2.20. The van der Waals surface area contributed by atoms with Crippen LogP contribution in [0.15, 0.2) is 29.2 Å². The van der Waals surface area contributed by atoms with Gasteiger partial charge in [0.05, 0.1) is 0 Å². The van der Waals surface area contributed by atoms with Gasteiger partial charge in [-0.1, -0.05) is 32.0 Å². The van der Waals surface area contributed by atoms with E-state index in [0.717, 1.165) is 6.54 Å². The van der Waals surface area contributed by atoms with Gasteiger partial charge in [0.1, 0.15) is 0 Å². The van der Waals surface area contributed by atoms with Gasteiger partial charge in [-0.05, 0) is 24.5 Å². The number of benzene rings is 1. The highest BCUT2D eigenvalue weighted by molar-refractivity contribution is 8.00. The van der Waals surface area contributed by atoms with Crippen molar-refractivity contribution in [3.05, 3.63) is 29.8 Å². The molecule has 0 atom stereocenters. The van der Waals surface area contributed by atoms with Crippen LogP contribution in [0.3, 0.4) is 0 Å². The van der Waals surface area contributed by atoms with Crippen molar-refractivity contribution in [2.24, 2.45) is 5.73 Å². The van der Waals surface area contributed by atoms with Crippen molar-refractivity contribution >= 4 is 11.8 Å². The monoisotopic (exact) mass is 221 g/mol. The lowest BCUT2D eigenvalue weighted by atomic mass is 9.96. The SMILES string of the molecule is CC(C)Sc1ccccc1C1(CN)CC1. The van der Waals surface area contributed by atoms with Crippen LogP contribution in [-0.4, -0.2) is 11.8 Å². The Balaban J connectivity index is 2.30. The zero-order valence-corrected chi connectivity index (χ0v) is 10.3. The minimum Gasteiger partial charge on any atom is -0.330 e. The van der Waals surface area contributed by atoms with Crippen molar-refractivity contribution in [3.8, 4) is 0 Å². The Hall–Kier alpha value is -0.470. The van der Waals surface area contributed by atoms with Gasteiger partial charge in [0, 0.05) is 22.1 Å². The number of nitrogens with two attached hydrogens (primary N) is 1. The van der Waals surface area contributed by atoms with Gasteiger partial charge in [-0.2, -0.15) is 0 Å². The molecule has 1 aromatic carbocycles. The van der Waals surface area contributed by atoms with Gasteiger partial charge >= 0.3 is 0 Å². The van der Waals surface area contributed by atoms with Crippen molar-refractivity contribution in [1.82, 2.24) is 0 Å². The zero-order chi connectivity index (χ0) is 10.9. The molecule has 2 N–H and O–H groups in total. The van der Waals surface area contributed by atoms with E-state index in [9.17, 15) is 0 Å². The summed E-state index contributed by atoms with van der Waals surface area (Å²) in [6, 6.07) is 8.75. The molecule has 82 valence electrons. The molecular weight excluding hydrogens is 202 g/mol. The molecule has 1 aliphatic carbocycles. The van der Waals surface area contributed by atoms with Gasteiger partial charge in [0.25, 0.3) is 0 Å². The molecule has 1 aromatic rings. The van der Waals surface area contributed by atoms with Crippen LogP contribution >= 0.6 is 11.8 Å². The molecule has 1 aliphatic rings. The molecule has 1 nitrogen and oxygen atoms in total. The third-order valence-corrected chi connectivity index (χ3v) is 4.15. The first kappa shape index (κ1) is 11.0. The van der Waals surface area contributed by atoms with Gasteiger partial charge in [-0.15, -0.1) is 11.8 Å². The Morgan fingerprint density at radius 2 is 2.00 bits per heavy atom. The second-order valence-electron chi connectivity index (χ2n) is 4.65. The van der Waals surface area contributed by atoms with E-state index in [2.05, 4.69) is 38.1 Å². The predicted octanol–water partition coefficient (Wildman–Crippen LogP) is 3.18. The molecular formula is C13H19NS. The van der Waals surface area contributed by atoms with Crippen LogP contribution in [0.2, 0.25) is 0 Å². The average Bonchev–Trinajstić information content (AvgIpc) is 2.98. The maximum Gasteiger partial charge on any atom is 0.0113 e. The molecule has 0 saturated heterocycles. The van der Waals surface area contributed by atoms with Crippen molar-refractivity contribution in [2.45, 2.75) is 42.2 Å².